The smallest absolute Gasteiger partial charge is 0.387 e. The second kappa shape index (κ2) is 10.4. The zero-order valence-corrected chi connectivity index (χ0v) is 16.8. The van der Waals surface area contributed by atoms with E-state index in [0.29, 0.717) is 35.3 Å². The van der Waals surface area contributed by atoms with Crippen LogP contribution in [0.5, 0.6) is 17.2 Å². The third-order valence-electron chi connectivity index (χ3n) is 4.33. The molecule has 3 aromatic rings. The molecule has 0 spiro atoms. The molecule has 0 aliphatic rings. The Morgan fingerprint density at radius 3 is 2.74 bits per heavy atom. The lowest BCUT2D eigenvalue weighted by atomic mass is 10.0. The number of hydrogen-bond acceptors (Lipinski definition) is 6. The highest BCUT2D eigenvalue weighted by Crippen LogP contribution is 2.32. The first kappa shape index (κ1) is 22.0. The van der Waals surface area contributed by atoms with E-state index in [9.17, 15) is 13.6 Å². The van der Waals surface area contributed by atoms with Crippen molar-refractivity contribution < 1.29 is 32.2 Å². The highest BCUT2D eigenvalue weighted by molar-refractivity contribution is 5.98. The van der Waals surface area contributed by atoms with Crippen LogP contribution in [0.3, 0.4) is 0 Å². The predicted octanol–water partition coefficient (Wildman–Crippen LogP) is 5.33. The number of Topliss-reactive ketones (excluding diaryl/α,β-unsaturated/α-hetero) is 1. The van der Waals surface area contributed by atoms with Crippen LogP contribution in [0.1, 0.15) is 22.5 Å². The van der Waals surface area contributed by atoms with Crippen molar-refractivity contribution in [3.05, 3.63) is 72.6 Å². The number of carbonyl (C=O) groups is 1. The first-order valence-corrected chi connectivity index (χ1v) is 9.45. The second-order valence-electron chi connectivity index (χ2n) is 6.41. The Bertz CT molecular complexity index is 1050. The number of carbonyl (C=O) groups excluding carboxylic acids is 1. The lowest BCUT2D eigenvalue weighted by Crippen LogP contribution is -2.08. The van der Waals surface area contributed by atoms with E-state index in [1.54, 1.807) is 37.5 Å². The largest absolute Gasteiger partial charge is 0.493 e. The van der Waals surface area contributed by atoms with E-state index in [-0.39, 0.29) is 29.9 Å². The van der Waals surface area contributed by atoms with E-state index in [1.165, 1.54) is 24.5 Å². The maximum Gasteiger partial charge on any atom is 0.387 e. The van der Waals surface area contributed by atoms with Gasteiger partial charge in [0.2, 0.25) is 5.89 Å². The molecule has 0 saturated carbocycles. The fourth-order valence-electron chi connectivity index (χ4n) is 2.90. The van der Waals surface area contributed by atoms with Crippen LogP contribution in [-0.4, -0.2) is 31.1 Å². The van der Waals surface area contributed by atoms with Gasteiger partial charge in [0.25, 0.3) is 0 Å². The van der Waals surface area contributed by atoms with E-state index < -0.39 is 6.61 Å². The zero-order chi connectivity index (χ0) is 22.2. The van der Waals surface area contributed by atoms with Crippen LogP contribution < -0.4 is 14.2 Å². The van der Waals surface area contributed by atoms with Gasteiger partial charge in [0.15, 0.2) is 17.3 Å². The summed E-state index contributed by atoms with van der Waals surface area (Å²) in [6.45, 7) is 0.934. The SMILES string of the molecule is C=CCOc1cc(-c2nc(CCC(=O)c3ccccc3OC(F)F)co2)ccc1OC. The first-order valence-electron chi connectivity index (χ1n) is 9.45. The van der Waals surface area contributed by atoms with Gasteiger partial charge in [-0.1, -0.05) is 24.8 Å². The molecule has 0 aliphatic carbocycles. The maximum absolute atomic E-state index is 12.5. The van der Waals surface area contributed by atoms with Gasteiger partial charge in [-0.05, 0) is 30.3 Å². The normalized spacial score (nSPS) is 10.7. The van der Waals surface area contributed by atoms with Crippen molar-refractivity contribution in [1.29, 1.82) is 0 Å². The van der Waals surface area contributed by atoms with Crippen LogP contribution in [0, 0.1) is 0 Å². The van der Waals surface area contributed by atoms with Crippen LogP contribution in [0.15, 0.2) is 65.8 Å². The number of rotatable bonds is 11. The molecular weight excluding hydrogens is 408 g/mol. The molecule has 1 aromatic heterocycles. The monoisotopic (exact) mass is 429 g/mol. The molecule has 2 aromatic carbocycles. The summed E-state index contributed by atoms with van der Waals surface area (Å²) < 4.78 is 45.9. The third kappa shape index (κ3) is 5.69. The lowest BCUT2D eigenvalue weighted by Gasteiger charge is -2.10. The first-order chi connectivity index (χ1) is 15.0. The molecule has 0 saturated heterocycles. The molecule has 0 radical (unpaired) electrons. The zero-order valence-electron chi connectivity index (χ0n) is 16.8. The summed E-state index contributed by atoms with van der Waals surface area (Å²) in [4.78, 5) is 16.9. The number of ketones is 1. The molecule has 0 fully saturated rings. The van der Waals surface area contributed by atoms with Crippen molar-refractivity contribution in [2.24, 2.45) is 0 Å². The third-order valence-corrected chi connectivity index (χ3v) is 4.33. The number of oxazole rings is 1. The summed E-state index contributed by atoms with van der Waals surface area (Å²) in [5, 5.41) is 0. The highest BCUT2D eigenvalue weighted by atomic mass is 19.3. The number of hydrogen-bond donors (Lipinski definition) is 0. The van der Waals surface area contributed by atoms with Crippen molar-refractivity contribution >= 4 is 5.78 Å². The van der Waals surface area contributed by atoms with E-state index >= 15 is 0 Å². The number of methoxy groups -OCH3 is 1. The average Bonchev–Trinajstić information content (AvgIpc) is 3.25. The van der Waals surface area contributed by atoms with Crippen LogP contribution >= 0.6 is 0 Å². The second-order valence-corrected chi connectivity index (χ2v) is 6.41. The number of nitrogens with zero attached hydrogens (tertiary/aromatic N) is 1. The molecule has 0 atom stereocenters. The van der Waals surface area contributed by atoms with Gasteiger partial charge in [-0.2, -0.15) is 8.78 Å². The highest BCUT2D eigenvalue weighted by Gasteiger charge is 2.17. The Morgan fingerprint density at radius 1 is 1.19 bits per heavy atom. The molecule has 0 N–H and O–H groups in total. The standard InChI is InChI=1S/C23H21F2NO5/c1-3-12-29-21-13-15(8-11-20(21)28-2)22-26-16(14-30-22)9-10-18(27)17-6-4-5-7-19(17)31-23(24)25/h3-8,11,13-14,23H,1,9-10,12H2,2H3. The Morgan fingerprint density at radius 2 is 2.00 bits per heavy atom. The summed E-state index contributed by atoms with van der Waals surface area (Å²) in [7, 11) is 1.54. The fourth-order valence-corrected chi connectivity index (χ4v) is 2.90. The fraction of sp³-hybridized carbons (Fsp3) is 0.217. The van der Waals surface area contributed by atoms with Crippen LogP contribution in [0.25, 0.3) is 11.5 Å². The van der Waals surface area contributed by atoms with Crippen molar-refractivity contribution in [2.45, 2.75) is 19.5 Å². The summed E-state index contributed by atoms with van der Waals surface area (Å²) in [5.41, 5.74) is 1.33. The van der Waals surface area contributed by atoms with Gasteiger partial charge < -0.3 is 18.6 Å². The van der Waals surface area contributed by atoms with Gasteiger partial charge in [-0.15, -0.1) is 0 Å². The quantitative estimate of drug-likeness (QED) is 0.303. The van der Waals surface area contributed by atoms with E-state index in [0.717, 1.165) is 0 Å². The van der Waals surface area contributed by atoms with Crippen molar-refractivity contribution in [1.82, 2.24) is 4.98 Å². The van der Waals surface area contributed by atoms with Crippen LogP contribution in [0.4, 0.5) is 8.78 Å². The van der Waals surface area contributed by atoms with Gasteiger partial charge in [-0.25, -0.2) is 4.98 Å². The van der Waals surface area contributed by atoms with Crippen LogP contribution in [0.2, 0.25) is 0 Å². The molecule has 0 amide bonds. The minimum atomic E-state index is -3.00. The van der Waals surface area contributed by atoms with Crippen LogP contribution in [-0.2, 0) is 6.42 Å². The number of aryl methyl sites for hydroxylation is 1. The van der Waals surface area contributed by atoms with Gasteiger partial charge in [0, 0.05) is 18.4 Å². The number of aromatic nitrogens is 1. The molecule has 162 valence electrons. The number of benzene rings is 2. The number of ether oxygens (including phenoxy) is 3. The number of para-hydroxylation sites is 1. The van der Waals surface area contributed by atoms with Gasteiger partial charge in [-0.3, -0.25) is 4.79 Å². The number of halogens is 2. The minimum absolute atomic E-state index is 0.0614. The van der Waals surface area contributed by atoms with Crippen molar-refractivity contribution in [3.63, 3.8) is 0 Å². The topological polar surface area (TPSA) is 70.8 Å². The molecule has 0 unspecified atom stereocenters. The Hall–Kier alpha value is -3.68. The molecular formula is C23H21F2NO5. The Kier molecular flexibility index (Phi) is 7.37. The molecule has 6 nitrogen and oxygen atoms in total. The molecule has 3 rings (SSSR count). The Balaban J connectivity index is 1.70. The average molecular weight is 429 g/mol. The van der Waals surface area contributed by atoms with Gasteiger partial charge >= 0.3 is 6.61 Å². The predicted molar refractivity (Wildman–Crippen MR) is 110 cm³/mol. The van der Waals surface area contributed by atoms with E-state index in [2.05, 4.69) is 16.3 Å². The maximum atomic E-state index is 12.5. The minimum Gasteiger partial charge on any atom is -0.493 e. The summed E-state index contributed by atoms with van der Waals surface area (Å²) in [6, 6.07) is 11.2. The molecule has 0 aliphatic heterocycles. The van der Waals surface area contributed by atoms with Gasteiger partial charge in [0.1, 0.15) is 18.6 Å². The summed E-state index contributed by atoms with van der Waals surface area (Å²) >= 11 is 0. The number of alkyl halides is 2. The molecule has 0 bridgehead atoms. The molecule has 1 heterocycles. The van der Waals surface area contributed by atoms with E-state index in [4.69, 9.17) is 13.9 Å². The van der Waals surface area contributed by atoms with Crippen molar-refractivity contribution in [2.75, 3.05) is 13.7 Å². The summed E-state index contributed by atoms with van der Waals surface area (Å²) in [5.74, 6) is 0.965. The van der Waals surface area contributed by atoms with E-state index in [1.807, 2.05) is 0 Å². The summed E-state index contributed by atoms with van der Waals surface area (Å²) in [6.07, 6.45) is 3.42. The van der Waals surface area contributed by atoms with Crippen molar-refractivity contribution in [3.8, 4) is 28.7 Å². The molecule has 8 heteroatoms. The molecule has 31 heavy (non-hydrogen) atoms. The Labute approximate surface area is 178 Å². The van der Waals surface area contributed by atoms with Gasteiger partial charge in [0.05, 0.1) is 18.4 Å². The lowest BCUT2D eigenvalue weighted by molar-refractivity contribution is -0.0501.